The van der Waals surface area contributed by atoms with Gasteiger partial charge in [-0.25, -0.2) is 12.8 Å². The Bertz CT molecular complexity index is 761. The molecule has 5 nitrogen and oxygen atoms in total. The Hall–Kier alpha value is -1.99. The van der Waals surface area contributed by atoms with Crippen LogP contribution in [0.15, 0.2) is 41.3 Å². The van der Waals surface area contributed by atoms with Gasteiger partial charge in [0.15, 0.2) is 0 Å². The molecule has 0 aliphatic heterocycles. The highest BCUT2D eigenvalue weighted by Gasteiger charge is 2.22. The zero-order valence-electron chi connectivity index (χ0n) is 10.9. The van der Waals surface area contributed by atoms with Gasteiger partial charge in [0.1, 0.15) is 22.1 Å². The van der Waals surface area contributed by atoms with E-state index in [1.54, 1.807) is 0 Å². The van der Waals surface area contributed by atoms with Gasteiger partial charge in [-0.05, 0) is 24.3 Å². The van der Waals surface area contributed by atoms with E-state index in [0.29, 0.717) is 5.69 Å². The van der Waals surface area contributed by atoms with E-state index in [-0.39, 0.29) is 21.4 Å². The van der Waals surface area contributed by atoms with Crippen LogP contribution in [0.3, 0.4) is 0 Å². The van der Waals surface area contributed by atoms with Crippen LogP contribution in [0.4, 0.5) is 15.8 Å². The van der Waals surface area contributed by atoms with Crippen molar-refractivity contribution in [3.8, 4) is 5.75 Å². The average molecular weight is 331 g/mol. The van der Waals surface area contributed by atoms with Crippen molar-refractivity contribution < 1.29 is 17.5 Å². The van der Waals surface area contributed by atoms with Gasteiger partial charge in [-0.3, -0.25) is 4.72 Å². The normalized spacial score (nSPS) is 11.2. The van der Waals surface area contributed by atoms with E-state index in [9.17, 15) is 12.8 Å². The maximum Gasteiger partial charge on any atom is 0.265 e. The maximum absolute atomic E-state index is 13.7. The number of anilines is 2. The number of halogens is 2. The monoisotopic (exact) mass is 330 g/mol. The second-order valence-corrected chi connectivity index (χ2v) is 6.17. The van der Waals surface area contributed by atoms with Gasteiger partial charge in [-0.2, -0.15) is 0 Å². The van der Waals surface area contributed by atoms with E-state index in [1.165, 1.54) is 37.4 Å². The van der Waals surface area contributed by atoms with Crippen molar-refractivity contribution >= 4 is 33.0 Å². The molecule has 0 atom stereocenters. The Morgan fingerprint density at radius 3 is 2.62 bits per heavy atom. The molecule has 2 aromatic carbocycles. The molecular weight excluding hydrogens is 319 g/mol. The van der Waals surface area contributed by atoms with Gasteiger partial charge in [-0.1, -0.05) is 17.7 Å². The van der Waals surface area contributed by atoms with Crippen molar-refractivity contribution in [2.75, 3.05) is 17.6 Å². The Labute approximate surface area is 126 Å². The number of nitrogens with one attached hydrogen (secondary N) is 1. The van der Waals surface area contributed by atoms with Crippen LogP contribution in [-0.2, 0) is 10.0 Å². The van der Waals surface area contributed by atoms with Gasteiger partial charge < -0.3 is 10.5 Å². The van der Waals surface area contributed by atoms with Gasteiger partial charge in [-0.15, -0.1) is 0 Å². The number of hydrogen-bond acceptors (Lipinski definition) is 4. The number of methoxy groups -OCH3 is 1. The first-order chi connectivity index (χ1) is 9.85. The molecular formula is C13H12ClFN2O3S. The number of benzene rings is 2. The Morgan fingerprint density at radius 1 is 1.29 bits per heavy atom. The molecule has 0 aliphatic rings. The first-order valence-electron chi connectivity index (χ1n) is 5.75. The lowest BCUT2D eigenvalue weighted by atomic mass is 10.3. The molecule has 0 saturated carbocycles. The minimum absolute atomic E-state index is 0.0482. The molecule has 0 bridgehead atoms. The van der Waals surface area contributed by atoms with Crippen LogP contribution >= 0.6 is 11.6 Å². The Morgan fingerprint density at radius 2 is 2.00 bits per heavy atom. The molecule has 0 spiro atoms. The van der Waals surface area contributed by atoms with Crippen LogP contribution in [0.5, 0.6) is 5.75 Å². The summed E-state index contributed by atoms with van der Waals surface area (Å²) in [5, 5.41) is -0.0482. The van der Waals surface area contributed by atoms with Crippen molar-refractivity contribution in [3.63, 3.8) is 0 Å². The summed E-state index contributed by atoms with van der Waals surface area (Å²) >= 11 is 5.80. The molecule has 2 aromatic rings. The molecule has 0 saturated heterocycles. The largest absolute Gasteiger partial charge is 0.495 e. The number of rotatable bonds is 4. The highest BCUT2D eigenvalue weighted by Crippen LogP contribution is 2.31. The highest BCUT2D eigenvalue weighted by molar-refractivity contribution is 7.92. The summed E-state index contributed by atoms with van der Waals surface area (Å²) in [4.78, 5) is -0.168. The van der Waals surface area contributed by atoms with Crippen LogP contribution in [-0.4, -0.2) is 15.5 Å². The fourth-order valence-electron chi connectivity index (χ4n) is 1.69. The molecule has 0 fully saturated rings. The Balaban J connectivity index is 2.49. The topological polar surface area (TPSA) is 81.4 Å². The molecule has 0 aliphatic carbocycles. The van der Waals surface area contributed by atoms with Crippen LogP contribution in [0.25, 0.3) is 0 Å². The standard InChI is InChI=1S/C13H12ClFN2O3S/c1-20-11-7-8(16)5-6-12(11)21(18,19)17-13-9(14)3-2-4-10(13)15/h2-7,17H,16H2,1H3. The minimum atomic E-state index is -4.07. The van der Waals surface area contributed by atoms with Gasteiger partial charge in [0, 0.05) is 11.8 Å². The first-order valence-corrected chi connectivity index (χ1v) is 7.61. The zero-order chi connectivity index (χ0) is 15.6. The molecule has 0 unspecified atom stereocenters. The summed E-state index contributed by atoms with van der Waals surface area (Å²) in [6.45, 7) is 0. The number of sulfonamides is 1. The number of nitrogen functional groups attached to an aromatic ring is 1. The van der Waals surface area contributed by atoms with Crippen molar-refractivity contribution in [2.45, 2.75) is 4.90 Å². The van der Waals surface area contributed by atoms with Gasteiger partial charge >= 0.3 is 0 Å². The van der Waals surface area contributed by atoms with Crippen LogP contribution in [0.1, 0.15) is 0 Å². The summed E-state index contributed by atoms with van der Waals surface area (Å²) < 4.78 is 45.5. The minimum Gasteiger partial charge on any atom is -0.495 e. The second kappa shape index (κ2) is 5.79. The van der Waals surface area contributed by atoms with E-state index < -0.39 is 15.8 Å². The van der Waals surface area contributed by atoms with E-state index in [2.05, 4.69) is 4.72 Å². The van der Waals surface area contributed by atoms with E-state index >= 15 is 0 Å². The Kier molecular flexibility index (Phi) is 4.24. The number of hydrogen-bond donors (Lipinski definition) is 2. The fraction of sp³-hybridized carbons (Fsp3) is 0.0769. The SMILES string of the molecule is COc1cc(N)ccc1S(=O)(=O)Nc1c(F)cccc1Cl. The van der Waals surface area contributed by atoms with Crippen LogP contribution in [0.2, 0.25) is 5.02 Å². The average Bonchev–Trinajstić information content (AvgIpc) is 2.42. The third kappa shape index (κ3) is 3.20. The van der Waals surface area contributed by atoms with E-state index in [0.717, 1.165) is 6.07 Å². The van der Waals surface area contributed by atoms with Crippen molar-refractivity contribution in [1.29, 1.82) is 0 Å². The lowest BCUT2D eigenvalue weighted by molar-refractivity contribution is 0.403. The fourth-order valence-corrected chi connectivity index (χ4v) is 3.20. The molecule has 112 valence electrons. The molecule has 0 amide bonds. The van der Waals surface area contributed by atoms with Crippen molar-refractivity contribution in [3.05, 3.63) is 47.2 Å². The predicted molar refractivity (Wildman–Crippen MR) is 79.6 cm³/mol. The summed E-state index contributed by atoms with van der Waals surface area (Å²) in [5.41, 5.74) is 5.59. The van der Waals surface area contributed by atoms with Crippen LogP contribution < -0.4 is 15.2 Å². The molecule has 0 heterocycles. The summed E-state index contributed by atoms with van der Waals surface area (Å²) in [6.07, 6.45) is 0. The predicted octanol–water partition coefficient (Wildman–Crippen LogP) is 2.87. The third-order valence-electron chi connectivity index (χ3n) is 2.68. The van der Waals surface area contributed by atoms with Crippen molar-refractivity contribution in [2.24, 2.45) is 0 Å². The highest BCUT2D eigenvalue weighted by atomic mass is 35.5. The molecule has 2 rings (SSSR count). The smallest absolute Gasteiger partial charge is 0.265 e. The number of nitrogens with two attached hydrogens (primary N) is 1. The van der Waals surface area contributed by atoms with E-state index in [4.69, 9.17) is 22.1 Å². The second-order valence-electron chi connectivity index (χ2n) is 4.11. The van der Waals surface area contributed by atoms with Gasteiger partial charge in [0.05, 0.1) is 12.1 Å². The van der Waals surface area contributed by atoms with E-state index in [1.807, 2.05) is 0 Å². The summed E-state index contributed by atoms with van der Waals surface area (Å²) in [7, 11) is -2.76. The molecule has 0 aromatic heterocycles. The van der Waals surface area contributed by atoms with Gasteiger partial charge in [0.2, 0.25) is 0 Å². The molecule has 0 radical (unpaired) electrons. The molecule has 8 heteroatoms. The zero-order valence-corrected chi connectivity index (χ0v) is 12.5. The third-order valence-corrected chi connectivity index (χ3v) is 4.38. The molecule has 3 N–H and O–H groups in total. The van der Waals surface area contributed by atoms with Crippen molar-refractivity contribution in [1.82, 2.24) is 0 Å². The summed E-state index contributed by atoms with van der Waals surface area (Å²) in [6, 6.07) is 7.88. The van der Waals surface area contributed by atoms with Gasteiger partial charge in [0.25, 0.3) is 10.0 Å². The number of para-hydroxylation sites is 1. The quantitative estimate of drug-likeness (QED) is 0.845. The molecule has 21 heavy (non-hydrogen) atoms. The number of ether oxygens (including phenoxy) is 1. The first kappa shape index (κ1) is 15.4. The maximum atomic E-state index is 13.7. The lowest BCUT2D eigenvalue weighted by Gasteiger charge is -2.13. The lowest BCUT2D eigenvalue weighted by Crippen LogP contribution is -2.15. The van der Waals surface area contributed by atoms with Crippen LogP contribution in [0, 0.1) is 5.82 Å². The summed E-state index contributed by atoms with van der Waals surface area (Å²) in [5.74, 6) is -0.726.